The molecule has 1 heterocycles. The number of hydrogen-bond acceptors (Lipinski definition) is 5. The van der Waals surface area contributed by atoms with Crippen molar-refractivity contribution in [2.24, 2.45) is 0 Å². The van der Waals surface area contributed by atoms with Gasteiger partial charge in [0, 0.05) is 18.1 Å². The molecule has 3 rings (SSSR count). The Morgan fingerprint density at radius 2 is 1.86 bits per heavy atom. The summed E-state index contributed by atoms with van der Waals surface area (Å²) in [7, 11) is 5.68. The Labute approximate surface area is 164 Å². The van der Waals surface area contributed by atoms with E-state index in [9.17, 15) is 9.90 Å². The first-order valence-corrected chi connectivity index (χ1v) is 9.18. The minimum Gasteiger partial charge on any atom is -0.497 e. The zero-order chi connectivity index (χ0) is 20.1. The molecule has 0 fully saturated rings. The molecule has 0 saturated carbocycles. The lowest BCUT2D eigenvalue weighted by atomic mass is 10.0. The number of aromatic nitrogens is 1. The van der Waals surface area contributed by atoms with Crippen molar-refractivity contribution in [3.8, 4) is 16.9 Å². The maximum atomic E-state index is 11.7. The largest absolute Gasteiger partial charge is 0.497 e. The minimum atomic E-state index is -0.987. The van der Waals surface area contributed by atoms with Crippen LogP contribution in [-0.4, -0.2) is 55.3 Å². The Kier molecular flexibility index (Phi) is 6.11. The molecule has 6 heteroatoms. The first-order chi connectivity index (χ1) is 13.5. The van der Waals surface area contributed by atoms with Gasteiger partial charge in [-0.1, -0.05) is 18.2 Å². The predicted octanol–water partition coefficient (Wildman–Crippen LogP) is 3.97. The first-order valence-electron chi connectivity index (χ1n) is 9.18. The number of nitrogens with one attached hydrogen (secondary N) is 1. The molecule has 2 N–H and O–H groups in total. The molecule has 146 valence electrons. The molecule has 0 aliphatic rings. The second kappa shape index (κ2) is 8.71. The summed E-state index contributed by atoms with van der Waals surface area (Å²) in [5.41, 5.74) is 3.59. The summed E-state index contributed by atoms with van der Waals surface area (Å²) < 4.78 is 5.22. The fraction of sp³-hybridized carbons (Fsp3) is 0.273. The smallest absolute Gasteiger partial charge is 0.339 e. The van der Waals surface area contributed by atoms with Crippen LogP contribution in [0.5, 0.6) is 5.75 Å². The molecule has 0 bridgehead atoms. The van der Waals surface area contributed by atoms with E-state index in [4.69, 9.17) is 4.74 Å². The van der Waals surface area contributed by atoms with Crippen LogP contribution in [0.25, 0.3) is 22.0 Å². The number of aromatic carboxylic acids is 1. The van der Waals surface area contributed by atoms with Gasteiger partial charge in [-0.2, -0.15) is 0 Å². The Morgan fingerprint density at radius 3 is 2.50 bits per heavy atom. The summed E-state index contributed by atoms with van der Waals surface area (Å²) in [5.74, 6) is -0.193. The Hall–Kier alpha value is -3.12. The number of nitrogens with zero attached hydrogens (tertiary/aromatic N) is 2. The van der Waals surface area contributed by atoms with Crippen LogP contribution in [0.15, 0.2) is 48.7 Å². The van der Waals surface area contributed by atoms with Gasteiger partial charge in [0.05, 0.1) is 18.3 Å². The van der Waals surface area contributed by atoms with Gasteiger partial charge in [0.2, 0.25) is 0 Å². The average Bonchev–Trinajstić information content (AvgIpc) is 2.70. The summed E-state index contributed by atoms with van der Waals surface area (Å²) in [4.78, 5) is 18.2. The maximum absolute atomic E-state index is 11.7. The lowest BCUT2D eigenvalue weighted by Crippen LogP contribution is -2.17. The number of carboxylic acid groups (broad SMARTS) is 1. The van der Waals surface area contributed by atoms with E-state index in [1.807, 2.05) is 56.6 Å². The number of rotatable bonds is 8. The van der Waals surface area contributed by atoms with Crippen molar-refractivity contribution in [2.75, 3.05) is 39.6 Å². The van der Waals surface area contributed by atoms with Crippen molar-refractivity contribution in [3.05, 3.63) is 54.2 Å². The molecule has 0 aliphatic heterocycles. The van der Waals surface area contributed by atoms with E-state index in [2.05, 4.69) is 15.2 Å². The van der Waals surface area contributed by atoms with Gasteiger partial charge < -0.3 is 20.1 Å². The van der Waals surface area contributed by atoms with E-state index in [0.717, 1.165) is 40.7 Å². The SMILES string of the molecule is COc1ccc(-c2ccc3ncc(C(=O)O)c(NCCCN(C)C)c3c2)cc1. The van der Waals surface area contributed by atoms with Gasteiger partial charge in [-0.3, -0.25) is 4.98 Å². The highest BCUT2D eigenvalue weighted by Gasteiger charge is 2.15. The predicted molar refractivity (Wildman–Crippen MR) is 112 cm³/mol. The lowest BCUT2D eigenvalue weighted by Gasteiger charge is -2.15. The van der Waals surface area contributed by atoms with Crippen LogP contribution < -0.4 is 10.1 Å². The Morgan fingerprint density at radius 1 is 1.14 bits per heavy atom. The number of ether oxygens (including phenoxy) is 1. The van der Waals surface area contributed by atoms with Crippen LogP contribution in [0.3, 0.4) is 0 Å². The van der Waals surface area contributed by atoms with Crippen LogP contribution in [0.4, 0.5) is 5.69 Å². The highest BCUT2D eigenvalue weighted by atomic mass is 16.5. The Bertz CT molecular complexity index is 969. The van der Waals surface area contributed by atoms with Gasteiger partial charge in [-0.25, -0.2) is 4.79 Å². The van der Waals surface area contributed by atoms with Crippen LogP contribution in [0.1, 0.15) is 16.8 Å². The van der Waals surface area contributed by atoms with Crippen molar-refractivity contribution >= 4 is 22.6 Å². The molecule has 0 saturated heterocycles. The molecule has 0 amide bonds. The number of hydrogen-bond donors (Lipinski definition) is 2. The van der Waals surface area contributed by atoms with Gasteiger partial charge in [0.15, 0.2) is 0 Å². The van der Waals surface area contributed by atoms with Crippen LogP contribution in [-0.2, 0) is 0 Å². The van der Waals surface area contributed by atoms with Crippen molar-refractivity contribution in [3.63, 3.8) is 0 Å². The molecule has 0 atom stereocenters. The molecule has 28 heavy (non-hydrogen) atoms. The highest BCUT2D eigenvalue weighted by molar-refractivity contribution is 6.05. The molecule has 0 unspecified atom stereocenters. The molecular weight excluding hydrogens is 354 g/mol. The van der Waals surface area contributed by atoms with Gasteiger partial charge >= 0.3 is 5.97 Å². The van der Waals surface area contributed by atoms with Crippen molar-refractivity contribution in [1.29, 1.82) is 0 Å². The van der Waals surface area contributed by atoms with E-state index in [-0.39, 0.29) is 5.56 Å². The second-order valence-electron chi connectivity index (χ2n) is 6.90. The lowest BCUT2D eigenvalue weighted by molar-refractivity contribution is 0.0697. The fourth-order valence-corrected chi connectivity index (χ4v) is 3.12. The molecule has 1 aromatic heterocycles. The van der Waals surface area contributed by atoms with E-state index in [1.165, 1.54) is 6.20 Å². The number of methoxy groups -OCH3 is 1. The number of pyridine rings is 1. The standard InChI is InChI=1S/C22H25N3O3/c1-25(2)12-4-11-23-21-18-13-16(15-5-8-17(28-3)9-6-15)7-10-20(18)24-14-19(21)22(26)27/h5-10,13-14H,4,11-12H2,1-3H3,(H,23,24)(H,26,27). The van der Waals surface area contributed by atoms with Gasteiger partial charge in [0.1, 0.15) is 11.3 Å². The molecule has 0 aliphatic carbocycles. The summed E-state index contributed by atoms with van der Waals surface area (Å²) >= 11 is 0. The van der Waals surface area contributed by atoms with E-state index in [1.54, 1.807) is 7.11 Å². The molecule has 0 spiro atoms. The van der Waals surface area contributed by atoms with Gasteiger partial charge in [-0.15, -0.1) is 0 Å². The van der Waals surface area contributed by atoms with Crippen LogP contribution in [0.2, 0.25) is 0 Å². The van der Waals surface area contributed by atoms with Gasteiger partial charge in [-0.05, 0) is 62.5 Å². The number of fused-ring (bicyclic) bond motifs is 1. The summed E-state index contributed by atoms with van der Waals surface area (Å²) in [6.07, 6.45) is 2.33. The maximum Gasteiger partial charge on any atom is 0.339 e. The first kappa shape index (κ1) is 19.6. The minimum absolute atomic E-state index is 0.184. The highest BCUT2D eigenvalue weighted by Crippen LogP contribution is 2.31. The third-order valence-corrected chi connectivity index (χ3v) is 4.61. The summed E-state index contributed by atoms with van der Waals surface area (Å²) in [6.45, 7) is 1.61. The Balaban J connectivity index is 2.00. The summed E-state index contributed by atoms with van der Waals surface area (Å²) in [5, 5.41) is 13.7. The second-order valence-corrected chi connectivity index (χ2v) is 6.90. The molecule has 0 radical (unpaired) electrons. The van der Waals surface area contributed by atoms with Crippen LogP contribution >= 0.6 is 0 Å². The number of carbonyl (C=O) groups is 1. The van der Waals surface area contributed by atoms with E-state index < -0.39 is 5.97 Å². The van der Waals surface area contributed by atoms with Crippen LogP contribution in [0, 0.1) is 0 Å². The zero-order valence-corrected chi connectivity index (χ0v) is 16.4. The third-order valence-electron chi connectivity index (χ3n) is 4.61. The third kappa shape index (κ3) is 4.40. The van der Waals surface area contributed by atoms with Gasteiger partial charge in [0.25, 0.3) is 0 Å². The van der Waals surface area contributed by atoms with Crippen molar-refractivity contribution in [1.82, 2.24) is 9.88 Å². The number of benzene rings is 2. The van der Waals surface area contributed by atoms with E-state index in [0.29, 0.717) is 12.2 Å². The molecule has 2 aromatic carbocycles. The number of carboxylic acids is 1. The topological polar surface area (TPSA) is 74.7 Å². The fourth-order valence-electron chi connectivity index (χ4n) is 3.12. The molecule has 6 nitrogen and oxygen atoms in total. The quantitative estimate of drug-likeness (QED) is 0.577. The summed E-state index contributed by atoms with van der Waals surface area (Å²) in [6, 6.07) is 13.7. The molecular formula is C22H25N3O3. The monoisotopic (exact) mass is 379 g/mol. The van der Waals surface area contributed by atoms with Crippen molar-refractivity contribution < 1.29 is 14.6 Å². The van der Waals surface area contributed by atoms with Crippen molar-refractivity contribution in [2.45, 2.75) is 6.42 Å². The van der Waals surface area contributed by atoms with E-state index >= 15 is 0 Å². The zero-order valence-electron chi connectivity index (χ0n) is 16.4. The average molecular weight is 379 g/mol. The number of anilines is 1. The molecule has 3 aromatic rings. The normalized spacial score (nSPS) is 11.0.